The first-order valence-electron chi connectivity index (χ1n) is 13.2. The summed E-state index contributed by atoms with van der Waals surface area (Å²) >= 11 is 6.05. The van der Waals surface area contributed by atoms with Crippen LogP contribution in [0.15, 0.2) is 84.0 Å². The molecule has 0 atom stereocenters. The average molecular weight is 656 g/mol. The van der Waals surface area contributed by atoms with Gasteiger partial charge in [-0.1, -0.05) is 17.7 Å². The molecule has 0 aromatic heterocycles. The molecule has 0 unspecified atom stereocenters. The number of hydrazone groups is 1. The Bertz CT molecular complexity index is 1770. The quantitative estimate of drug-likeness (QED) is 0.0852. The van der Waals surface area contributed by atoms with Crippen LogP contribution in [0.25, 0.3) is 0 Å². The molecule has 0 radical (unpaired) electrons. The Hall–Kier alpha value is -5.56. The molecular formula is C32H25ClF3N3O7. The number of halogens is 4. The molecule has 0 saturated heterocycles. The molecule has 46 heavy (non-hydrogen) atoms. The summed E-state index contributed by atoms with van der Waals surface area (Å²) in [5.41, 5.74) is 2.00. The van der Waals surface area contributed by atoms with Crippen LogP contribution in [0.2, 0.25) is 5.02 Å². The minimum absolute atomic E-state index is 0.0583. The topological polar surface area (TPSA) is 125 Å². The highest BCUT2D eigenvalue weighted by molar-refractivity contribution is 6.31. The second-order valence-electron chi connectivity index (χ2n) is 9.29. The zero-order valence-corrected chi connectivity index (χ0v) is 25.2. The van der Waals surface area contributed by atoms with Crippen molar-refractivity contribution in [3.63, 3.8) is 0 Å². The Morgan fingerprint density at radius 1 is 0.761 bits per heavy atom. The molecule has 4 rings (SSSR count). The standard InChI is InChI=1S/C32H25ClF3N3O7/c1-43-26-15-20(16-27(44-2)28(26)45-3)29(40)38-24-10-7-18(8-11-24)30(41)39-37-17-21-14-23(33)9-12-25(21)46-31(42)19-5-4-6-22(13-19)32(34,35)36/h4-17H,1-3H3,(H,38,40)(H,39,41)/b37-17+. The van der Waals surface area contributed by atoms with Crippen molar-refractivity contribution in [3.05, 3.63) is 112 Å². The molecule has 0 spiro atoms. The summed E-state index contributed by atoms with van der Waals surface area (Å²) in [4.78, 5) is 38.1. The summed E-state index contributed by atoms with van der Waals surface area (Å²) < 4.78 is 60.3. The van der Waals surface area contributed by atoms with Crippen molar-refractivity contribution in [3.8, 4) is 23.0 Å². The maximum atomic E-state index is 13.0. The Morgan fingerprint density at radius 2 is 1.43 bits per heavy atom. The van der Waals surface area contributed by atoms with Crippen molar-refractivity contribution >= 4 is 41.3 Å². The van der Waals surface area contributed by atoms with Gasteiger partial charge >= 0.3 is 12.1 Å². The van der Waals surface area contributed by atoms with Crippen LogP contribution in [0, 0.1) is 0 Å². The fraction of sp³-hybridized carbons (Fsp3) is 0.125. The van der Waals surface area contributed by atoms with Crippen LogP contribution in [0.3, 0.4) is 0 Å². The van der Waals surface area contributed by atoms with E-state index in [2.05, 4.69) is 15.8 Å². The SMILES string of the molecule is COc1cc(C(=O)Nc2ccc(C(=O)N/N=C/c3cc(Cl)ccc3OC(=O)c3cccc(C(F)(F)F)c3)cc2)cc(OC)c1OC. The Morgan fingerprint density at radius 3 is 2.04 bits per heavy atom. The van der Waals surface area contributed by atoms with E-state index in [9.17, 15) is 27.6 Å². The van der Waals surface area contributed by atoms with Gasteiger partial charge in [-0.3, -0.25) is 9.59 Å². The molecule has 2 N–H and O–H groups in total. The number of esters is 1. The lowest BCUT2D eigenvalue weighted by atomic mass is 10.1. The van der Waals surface area contributed by atoms with E-state index in [-0.39, 0.29) is 33.0 Å². The smallest absolute Gasteiger partial charge is 0.416 e. The number of alkyl halides is 3. The zero-order chi connectivity index (χ0) is 33.4. The highest BCUT2D eigenvalue weighted by atomic mass is 35.5. The number of hydrogen-bond donors (Lipinski definition) is 2. The minimum atomic E-state index is -4.64. The van der Waals surface area contributed by atoms with Gasteiger partial charge in [0.1, 0.15) is 5.75 Å². The number of anilines is 1. The molecule has 10 nitrogen and oxygen atoms in total. The van der Waals surface area contributed by atoms with Crippen molar-refractivity contribution in [2.75, 3.05) is 26.6 Å². The molecule has 4 aromatic rings. The Labute approximate surface area is 265 Å². The number of amides is 2. The van der Waals surface area contributed by atoms with Gasteiger partial charge in [0.2, 0.25) is 5.75 Å². The van der Waals surface area contributed by atoms with Crippen LogP contribution in [0.1, 0.15) is 42.2 Å². The fourth-order valence-corrected chi connectivity index (χ4v) is 4.22. The monoisotopic (exact) mass is 655 g/mol. The number of ether oxygens (including phenoxy) is 4. The van der Waals surface area contributed by atoms with E-state index in [1.54, 1.807) is 0 Å². The van der Waals surface area contributed by atoms with E-state index < -0.39 is 29.5 Å². The van der Waals surface area contributed by atoms with Gasteiger partial charge < -0.3 is 24.3 Å². The van der Waals surface area contributed by atoms with Gasteiger partial charge in [-0.2, -0.15) is 18.3 Å². The maximum absolute atomic E-state index is 13.0. The predicted octanol–water partition coefficient (Wildman–Crippen LogP) is 6.62. The van der Waals surface area contributed by atoms with E-state index in [0.29, 0.717) is 29.0 Å². The highest BCUT2D eigenvalue weighted by Crippen LogP contribution is 2.38. The van der Waals surface area contributed by atoms with Crippen LogP contribution in [0.4, 0.5) is 18.9 Å². The fourth-order valence-electron chi connectivity index (χ4n) is 4.04. The number of methoxy groups -OCH3 is 3. The molecule has 14 heteroatoms. The van der Waals surface area contributed by atoms with Gasteiger partial charge in [-0.25, -0.2) is 10.2 Å². The molecule has 0 aliphatic heterocycles. The van der Waals surface area contributed by atoms with E-state index in [0.717, 1.165) is 18.3 Å². The molecule has 0 saturated carbocycles. The average Bonchev–Trinajstić information content (AvgIpc) is 3.05. The van der Waals surface area contributed by atoms with Crippen LogP contribution in [0.5, 0.6) is 23.0 Å². The number of carbonyl (C=O) groups is 3. The van der Waals surface area contributed by atoms with E-state index in [1.165, 1.54) is 82.0 Å². The van der Waals surface area contributed by atoms with Gasteiger partial charge in [0.15, 0.2) is 11.5 Å². The lowest BCUT2D eigenvalue weighted by Crippen LogP contribution is -2.18. The third-order valence-electron chi connectivity index (χ3n) is 6.30. The van der Waals surface area contributed by atoms with Crippen LogP contribution in [-0.2, 0) is 6.18 Å². The zero-order valence-electron chi connectivity index (χ0n) is 24.4. The lowest BCUT2D eigenvalue weighted by Gasteiger charge is -2.14. The highest BCUT2D eigenvalue weighted by Gasteiger charge is 2.31. The summed E-state index contributed by atoms with van der Waals surface area (Å²) in [7, 11) is 4.31. The van der Waals surface area contributed by atoms with Crippen molar-refractivity contribution in [1.29, 1.82) is 0 Å². The van der Waals surface area contributed by atoms with Crippen molar-refractivity contribution in [2.45, 2.75) is 6.18 Å². The van der Waals surface area contributed by atoms with Gasteiger partial charge in [-0.05, 0) is 72.8 Å². The van der Waals surface area contributed by atoms with E-state index in [1.807, 2.05) is 0 Å². The molecule has 238 valence electrons. The van der Waals surface area contributed by atoms with Gasteiger partial charge in [0.05, 0.1) is 38.7 Å². The lowest BCUT2D eigenvalue weighted by molar-refractivity contribution is -0.137. The number of nitrogens with zero attached hydrogens (tertiary/aromatic N) is 1. The first kappa shape index (κ1) is 33.3. The number of carbonyl (C=O) groups excluding carboxylic acids is 3. The van der Waals surface area contributed by atoms with Crippen LogP contribution in [-0.4, -0.2) is 45.3 Å². The van der Waals surface area contributed by atoms with E-state index >= 15 is 0 Å². The number of hydrogen-bond acceptors (Lipinski definition) is 8. The maximum Gasteiger partial charge on any atom is 0.416 e. The van der Waals surface area contributed by atoms with Gasteiger partial charge in [-0.15, -0.1) is 0 Å². The first-order valence-corrected chi connectivity index (χ1v) is 13.5. The number of benzene rings is 4. The van der Waals surface area contributed by atoms with Crippen molar-refractivity contribution in [1.82, 2.24) is 5.43 Å². The van der Waals surface area contributed by atoms with Crippen molar-refractivity contribution < 1.29 is 46.5 Å². The second-order valence-corrected chi connectivity index (χ2v) is 9.73. The van der Waals surface area contributed by atoms with E-state index in [4.69, 9.17) is 30.5 Å². The van der Waals surface area contributed by atoms with Crippen LogP contribution < -0.4 is 29.7 Å². The Balaban J connectivity index is 1.41. The second kappa shape index (κ2) is 14.5. The molecule has 0 aliphatic carbocycles. The molecule has 0 fully saturated rings. The molecular weight excluding hydrogens is 631 g/mol. The minimum Gasteiger partial charge on any atom is -0.493 e. The Kier molecular flexibility index (Phi) is 10.5. The molecule has 0 bridgehead atoms. The van der Waals surface area contributed by atoms with Crippen LogP contribution >= 0.6 is 11.6 Å². The summed E-state index contributed by atoms with van der Waals surface area (Å²) in [6.45, 7) is 0. The molecule has 2 amide bonds. The first-order chi connectivity index (χ1) is 21.9. The molecule has 0 aliphatic rings. The third-order valence-corrected chi connectivity index (χ3v) is 6.54. The number of nitrogens with one attached hydrogen (secondary N) is 2. The predicted molar refractivity (Wildman–Crippen MR) is 163 cm³/mol. The summed E-state index contributed by atoms with van der Waals surface area (Å²) in [5, 5.41) is 6.84. The van der Waals surface area contributed by atoms with Crippen molar-refractivity contribution in [2.24, 2.45) is 5.10 Å². The summed E-state index contributed by atoms with van der Waals surface area (Å²) in [6, 6.07) is 16.8. The summed E-state index contributed by atoms with van der Waals surface area (Å²) in [6.07, 6.45) is -3.48. The summed E-state index contributed by atoms with van der Waals surface area (Å²) in [5.74, 6) is -1.23. The number of rotatable bonds is 10. The van der Waals surface area contributed by atoms with Gasteiger partial charge in [0.25, 0.3) is 11.8 Å². The largest absolute Gasteiger partial charge is 0.493 e. The third kappa shape index (κ3) is 8.12. The molecule has 0 heterocycles. The van der Waals surface area contributed by atoms with Gasteiger partial charge in [0, 0.05) is 27.4 Å². The normalized spacial score (nSPS) is 11.1. The molecule has 4 aromatic carbocycles.